The van der Waals surface area contributed by atoms with Crippen molar-refractivity contribution in [2.45, 2.75) is 6.42 Å². The smallest absolute Gasteiger partial charge is 0.239 e. The van der Waals surface area contributed by atoms with Gasteiger partial charge in [-0.15, -0.1) is 0 Å². The zero-order valence-corrected chi connectivity index (χ0v) is 10.8. The summed E-state index contributed by atoms with van der Waals surface area (Å²) >= 11 is 0. The number of nitrogens with one attached hydrogen (secondary N) is 2. The monoisotopic (exact) mass is 242 g/mol. The van der Waals surface area contributed by atoms with E-state index in [0.717, 1.165) is 32.1 Å². The van der Waals surface area contributed by atoms with Gasteiger partial charge in [0.25, 0.3) is 0 Å². The molecule has 0 aliphatic carbocycles. The van der Waals surface area contributed by atoms with Gasteiger partial charge in [-0.2, -0.15) is 0 Å². The lowest BCUT2D eigenvalue weighted by Crippen LogP contribution is -2.44. The van der Waals surface area contributed by atoms with Crippen molar-refractivity contribution in [3.8, 4) is 0 Å². The van der Waals surface area contributed by atoms with E-state index >= 15 is 0 Å². The summed E-state index contributed by atoms with van der Waals surface area (Å²) in [7, 11) is 5.30. The van der Waals surface area contributed by atoms with Gasteiger partial charge in [0.05, 0.1) is 13.2 Å². The highest BCUT2D eigenvalue weighted by Gasteiger charge is 2.19. The first-order valence-electron chi connectivity index (χ1n) is 5.87. The lowest BCUT2D eigenvalue weighted by atomic mass is 10.1. The van der Waals surface area contributed by atoms with Crippen molar-refractivity contribution in [2.75, 3.05) is 47.4 Å². The maximum Gasteiger partial charge on any atom is 0.239 e. The maximum atomic E-state index is 11.1. The number of rotatable bonds is 4. The van der Waals surface area contributed by atoms with E-state index in [1.807, 2.05) is 11.9 Å². The Kier molecular flexibility index (Phi) is 5.76. The molecule has 1 heterocycles. The highest BCUT2D eigenvalue weighted by Crippen LogP contribution is 2.12. The topological polar surface area (TPSA) is 66.0 Å². The predicted molar refractivity (Wildman–Crippen MR) is 67.0 cm³/mol. The predicted octanol–water partition coefficient (Wildman–Crippen LogP) is -0.724. The Bertz CT molecular complexity index is 275. The Labute approximate surface area is 102 Å². The Hall–Kier alpha value is -1.30. The van der Waals surface area contributed by atoms with Gasteiger partial charge in [0.15, 0.2) is 5.96 Å². The van der Waals surface area contributed by atoms with Gasteiger partial charge < -0.3 is 20.3 Å². The van der Waals surface area contributed by atoms with Crippen molar-refractivity contribution in [1.29, 1.82) is 0 Å². The number of carbonyl (C=O) groups excluding carboxylic acids is 1. The number of ether oxygens (including phenoxy) is 1. The van der Waals surface area contributed by atoms with E-state index in [1.54, 1.807) is 14.1 Å². The molecule has 6 nitrogen and oxygen atoms in total. The lowest BCUT2D eigenvalue weighted by Gasteiger charge is -2.24. The number of hydrogen-bond acceptors (Lipinski definition) is 3. The third-order valence-electron chi connectivity index (χ3n) is 2.82. The molecule has 0 radical (unpaired) electrons. The van der Waals surface area contributed by atoms with Crippen molar-refractivity contribution in [3.63, 3.8) is 0 Å². The van der Waals surface area contributed by atoms with Crippen LogP contribution < -0.4 is 10.6 Å². The standard InChI is InChI=1S/C11H22N4O2/c1-12-10(16)6-14-11(13-2)15(3)7-9-4-5-17-8-9/h9H,4-8H2,1-3H3,(H,12,16)(H,13,14). The zero-order valence-electron chi connectivity index (χ0n) is 10.8. The SMILES string of the molecule is CN=C(NCC(=O)NC)N(C)CC1CCOC1. The Morgan fingerprint density at radius 2 is 2.35 bits per heavy atom. The number of guanidine groups is 1. The third-order valence-corrected chi connectivity index (χ3v) is 2.82. The molecule has 6 heteroatoms. The molecule has 0 aromatic rings. The lowest BCUT2D eigenvalue weighted by molar-refractivity contribution is -0.119. The van der Waals surface area contributed by atoms with Crippen LogP contribution in [0.3, 0.4) is 0 Å². The fourth-order valence-electron chi connectivity index (χ4n) is 1.83. The first-order valence-corrected chi connectivity index (χ1v) is 5.87. The van der Waals surface area contributed by atoms with Crippen LogP contribution in [-0.2, 0) is 9.53 Å². The molecule has 0 aromatic carbocycles. The van der Waals surface area contributed by atoms with Crippen LogP contribution in [0.25, 0.3) is 0 Å². The second-order valence-corrected chi connectivity index (χ2v) is 4.18. The fourth-order valence-corrected chi connectivity index (χ4v) is 1.83. The molecule has 1 atom stereocenters. The molecule has 2 N–H and O–H groups in total. The number of aliphatic imine (C=N–C) groups is 1. The zero-order chi connectivity index (χ0) is 12.7. The van der Waals surface area contributed by atoms with Crippen LogP contribution in [0, 0.1) is 5.92 Å². The van der Waals surface area contributed by atoms with Crippen LogP contribution in [0.1, 0.15) is 6.42 Å². The van der Waals surface area contributed by atoms with E-state index in [1.165, 1.54) is 0 Å². The van der Waals surface area contributed by atoms with Crippen molar-refractivity contribution in [3.05, 3.63) is 0 Å². The Morgan fingerprint density at radius 1 is 1.59 bits per heavy atom. The van der Waals surface area contributed by atoms with E-state index in [0.29, 0.717) is 5.92 Å². The first kappa shape index (κ1) is 13.8. The van der Waals surface area contributed by atoms with E-state index in [-0.39, 0.29) is 12.5 Å². The summed E-state index contributed by atoms with van der Waals surface area (Å²) in [6, 6.07) is 0. The molecule has 0 saturated carbocycles. The molecule has 1 unspecified atom stereocenters. The number of likely N-dealkylation sites (N-methyl/N-ethyl adjacent to an activating group) is 1. The largest absolute Gasteiger partial charge is 0.381 e. The highest BCUT2D eigenvalue weighted by molar-refractivity contribution is 5.86. The summed E-state index contributed by atoms with van der Waals surface area (Å²) in [6.07, 6.45) is 1.09. The average molecular weight is 242 g/mol. The molecule has 1 amide bonds. The van der Waals surface area contributed by atoms with Gasteiger partial charge in [-0.25, -0.2) is 0 Å². The summed E-state index contributed by atoms with van der Waals surface area (Å²) in [5.74, 6) is 1.24. The molecule has 1 fully saturated rings. The molecule has 0 spiro atoms. The molecular formula is C11H22N4O2. The van der Waals surface area contributed by atoms with Crippen LogP contribution in [-0.4, -0.2) is 64.2 Å². The van der Waals surface area contributed by atoms with Crippen LogP contribution in [0.4, 0.5) is 0 Å². The minimum absolute atomic E-state index is 0.0521. The van der Waals surface area contributed by atoms with Gasteiger partial charge in [0.2, 0.25) is 5.91 Å². The summed E-state index contributed by atoms with van der Waals surface area (Å²) in [4.78, 5) is 17.3. The van der Waals surface area contributed by atoms with E-state index in [2.05, 4.69) is 15.6 Å². The van der Waals surface area contributed by atoms with Crippen LogP contribution >= 0.6 is 0 Å². The Balaban J connectivity index is 2.35. The number of amides is 1. The molecule has 17 heavy (non-hydrogen) atoms. The van der Waals surface area contributed by atoms with Gasteiger partial charge in [0, 0.05) is 40.2 Å². The fraction of sp³-hybridized carbons (Fsp3) is 0.818. The van der Waals surface area contributed by atoms with Gasteiger partial charge >= 0.3 is 0 Å². The normalized spacial score (nSPS) is 20.2. The van der Waals surface area contributed by atoms with Gasteiger partial charge in [-0.3, -0.25) is 9.79 Å². The summed E-state index contributed by atoms with van der Waals surface area (Å²) in [5.41, 5.74) is 0. The summed E-state index contributed by atoms with van der Waals surface area (Å²) in [5, 5.41) is 5.58. The maximum absolute atomic E-state index is 11.1. The molecular weight excluding hydrogens is 220 g/mol. The van der Waals surface area contributed by atoms with Crippen molar-refractivity contribution >= 4 is 11.9 Å². The van der Waals surface area contributed by atoms with Crippen molar-refractivity contribution in [2.24, 2.45) is 10.9 Å². The number of nitrogens with zero attached hydrogens (tertiary/aromatic N) is 2. The van der Waals surface area contributed by atoms with E-state index in [9.17, 15) is 4.79 Å². The van der Waals surface area contributed by atoms with Gasteiger partial charge in [-0.05, 0) is 6.42 Å². The summed E-state index contributed by atoms with van der Waals surface area (Å²) < 4.78 is 5.34. The number of hydrogen-bond donors (Lipinski definition) is 2. The third kappa shape index (κ3) is 4.60. The van der Waals surface area contributed by atoms with Gasteiger partial charge in [0.1, 0.15) is 0 Å². The van der Waals surface area contributed by atoms with Crippen molar-refractivity contribution < 1.29 is 9.53 Å². The quantitative estimate of drug-likeness (QED) is 0.504. The second-order valence-electron chi connectivity index (χ2n) is 4.18. The number of carbonyl (C=O) groups is 1. The highest BCUT2D eigenvalue weighted by atomic mass is 16.5. The Morgan fingerprint density at radius 3 is 2.88 bits per heavy atom. The first-order chi connectivity index (χ1) is 8.17. The molecule has 1 saturated heterocycles. The minimum Gasteiger partial charge on any atom is -0.381 e. The van der Waals surface area contributed by atoms with Gasteiger partial charge in [-0.1, -0.05) is 0 Å². The molecule has 0 bridgehead atoms. The average Bonchev–Trinajstić information content (AvgIpc) is 2.82. The minimum atomic E-state index is -0.0521. The molecule has 0 aromatic heterocycles. The molecule has 98 valence electrons. The molecule has 1 aliphatic heterocycles. The summed E-state index contributed by atoms with van der Waals surface area (Å²) in [6.45, 7) is 2.81. The molecule has 1 rings (SSSR count). The van der Waals surface area contributed by atoms with E-state index in [4.69, 9.17) is 4.74 Å². The van der Waals surface area contributed by atoms with Crippen molar-refractivity contribution in [1.82, 2.24) is 15.5 Å². The van der Waals surface area contributed by atoms with Crippen LogP contribution in [0.2, 0.25) is 0 Å². The van der Waals surface area contributed by atoms with Crippen LogP contribution in [0.15, 0.2) is 4.99 Å². The van der Waals surface area contributed by atoms with Crippen LogP contribution in [0.5, 0.6) is 0 Å². The van der Waals surface area contributed by atoms with E-state index < -0.39 is 0 Å². The molecule has 1 aliphatic rings. The second kappa shape index (κ2) is 7.11.